The van der Waals surface area contributed by atoms with Crippen LogP contribution in [0.4, 0.5) is 5.69 Å². The third kappa shape index (κ3) is 3.33. The highest BCUT2D eigenvalue weighted by Gasteiger charge is 2.43. The van der Waals surface area contributed by atoms with Gasteiger partial charge in [-0.25, -0.2) is 9.80 Å². The van der Waals surface area contributed by atoms with Gasteiger partial charge < -0.3 is 0 Å². The first kappa shape index (κ1) is 25.0. The number of amides is 4. The molecule has 0 saturated heterocycles. The third-order valence-corrected chi connectivity index (χ3v) is 8.44. The van der Waals surface area contributed by atoms with Gasteiger partial charge in [-0.1, -0.05) is 44.2 Å². The van der Waals surface area contributed by atoms with E-state index in [1.165, 1.54) is 9.80 Å². The Morgan fingerprint density at radius 3 is 2.13 bits per heavy atom. The van der Waals surface area contributed by atoms with Crippen LogP contribution in [0.2, 0.25) is 0 Å². The van der Waals surface area contributed by atoms with Crippen molar-refractivity contribution in [1.29, 1.82) is 0 Å². The van der Waals surface area contributed by atoms with Crippen molar-refractivity contribution >= 4 is 40.1 Å². The van der Waals surface area contributed by atoms with Crippen LogP contribution in [0, 0.1) is 19.8 Å². The minimum absolute atomic E-state index is 0.0528. The minimum Gasteiger partial charge on any atom is -0.268 e. The van der Waals surface area contributed by atoms with Crippen molar-refractivity contribution in [1.82, 2.24) is 4.90 Å². The van der Waals surface area contributed by atoms with E-state index < -0.39 is 23.6 Å². The summed E-state index contributed by atoms with van der Waals surface area (Å²) >= 11 is 0. The zero-order valence-corrected chi connectivity index (χ0v) is 22.8. The average Bonchev–Trinajstić information content (AvgIpc) is 2.92. The number of benzene rings is 3. The van der Waals surface area contributed by atoms with Gasteiger partial charge in [0, 0.05) is 39.1 Å². The van der Waals surface area contributed by atoms with E-state index in [1.54, 1.807) is 25.1 Å². The first-order valence-corrected chi connectivity index (χ1v) is 13.5. The van der Waals surface area contributed by atoms with Crippen LogP contribution in [0.15, 0.2) is 59.8 Å². The van der Waals surface area contributed by atoms with Gasteiger partial charge in [-0.3, -0.25) is 19.2 Å². The molecule has 0 saturated carbocycles. The lowest BCUT2D eigenvalue weighted by atomic mass is 9.82. The Labute approximate surface area is 227 Å². The molecule has 0 N–H and O–H groups in total. The van der Waals surface area contributed by atoms with Crippen molar-refractivity contribution in [3.8, 4) is 0 Å². The van der Waals surface area contributed by atoms with Gasteiger partial charge in [-0.2, -0.15) is 0 Å². The number of carbonyl (C=O) groups excluding carboxylic acids is 4. The molecule has 1 aliphatic carbocycles. The van der Waals surface area contributed by atoms with Crippen LogP contribution in [-0.4, -0.2) is 28.5 Å². The Balaban J connectivity index is 1.60. The quantitative estimate of drug-likeness (QED) is 0.361. The van der Waals surface area contributed by atoms with Crippen LogP contribution in [0.25, 0.3) is 10.8 Å². The number of rotatable bonds is 4. The summed E-state index contributed by atoms with van der Waals surface area (Å²) in [6.45, 7) is 9.66. The van der Waals surface area contributed by atoms with E-state index in [9.17, 15) is 19.2 Å². The molecule has 1 unspecified atom stereocenters. The predicted molar refractivity (Wildman–Crippen MR) is 151 cm³/mol. The number of carbonyl (C=O) groups is 4. The Morgan fingerprint density at radius 2 is 1.44 bits per heavy atom. The minimum atomic E-state index is -0.441. The number of aryl methyl sites for hydroxylation is 3. The molecule has 0 radical (unpaired) electrons. The Bertz CT molecular complexity index is 1730. The molecule has 3 aromatic carbocycles. The molecule has 1 atom stereocenters. The van der Waals surface area contributed by atoms with E-state index in [0.717, 1.165) is 35.2 Å². The number of anilines is 1. The summed E-state index contributed by atoms with van der Waals surface area (Å²) in [5.41, 5.74) is 5.96. The molecule has 2 aliphatic heterocycles. The van der Waals surface area contributed by atoms with Gasteiger partial charge in [0.05, 0.1) is 11.3 Å². The summed E-state index contributed by atoms with van der Waals surface area (Å²) in [6.07, 6.45) is 6.26. The van der Waals surface area contributed by atoms with Crippen molar-refractivity contribution in [3.05, 3.63) is 98.8 Å². The molecule has 3 aromatic rings. The molecular weight excluding hydrogens is 488 g/mol. The van der Waals surface area contributed by atoms with Crippen molar-refractivity contribution < 1.29 is 19.2 Å². The maximum atomic E-state index is 14.1. The molecule has 6 heteroatoms. The Kier molecular flexibility index (Phi) is 5.68. The maximum absolute atomic E-state index is 14.1. The summed E-state index contributed by atoms with van der Waals surface area (Å²) < 4.78 is 0. The second-order valence-corrected chi connectivity index (χ2v) is 10.7. The standard InChI is InChI=1S/C33H30N2O4/c1-6-20-12-8-10-17(3)28(20)34-30(36)22-14-15-23-27-25(19(5)16-24(26(22)27)32(34)38)33(39)35(31(23)37)29-18(4)11-9-13-21(29)7-2/h8-11,13-16,20H,6-7,12H2,1-5H3. The van der Waals surface area contributed by atoms with Gasteiger partial charge in [0.1, 0.15) is 0 Å². The average molecular weight is 519 g/mol. The number of imide groups is 2. The van der Waals surface area contributed by atoms with Gasteiger partial charge in [-0.05, 0) is 80.5 Å². The Hall–Kier alpha value is -4.32. The second kappa shape index (κ2) is 8.87. The molecule has 0 spiro atoms. The van der Waals surface area contributed by atoms with Crippen molar-refractivity contribution in [2.45, 2.75) is 53.9 Å². The molecule has 196 valence electrons. The zero-order chi connectivity index (χ0) is 27.7. The second-order valence-electron chi connectivity index (χ2n) is 10.7. The van der Waals surface area contributed by atoms with E-state index in [4.69, 9.17) is 0 Å². The monoisotopic (exact) mass is 518 g/mol. The lowest BCUT2D eigenvalue weighted by Gasteiger charge is -2.37. The predicted octanol–water partition coefficient (Wildman–Crippen LogP) is 6.68. The number of nitrogens with zero attached hydrogens (tertiary/aromatic N) is 2. The molecule has 3 aliphatic rings. The lowest BCUT2D eigenvalue weighted by Crippen LogP contribution is -2.45. The van der Waals surface area contributed by atoms with Crippen LogP contribution >= 0.6 is 0 Å². The van der Waals surface area contributed by atoms with Gasteiger partial charge in [0.15, 0.2) is 0 Å². The SMILES string of the molecule is CCc1cccc(C)c1N1C(=O)c2ccc3c4c(cc(C)c(c24)C1=O)C(=O)N(C1=C(C)C=CCC1CC)C3=O. The Morgan fingerprint density at radius 1 is 0.769 bits per heavy atom. The highest BCUT2D eigenvalue weighted by molar-refractivity contribution is 6.40. The highest BCUT2D eigenvalue weighted by Crippen LogP contribution is 2.43. The number of hydrogen-bond acceptors (Lipinski definition) is 4. The first-order valence-electron chi connectivity index (χ1n) is 13.5. The fourth-order valence-electron chi connectivity index (χ4n) is 6.55. The molecule has 2 heterocycles. The molecule has 0 aromatic heterocycles. The molecule has 6 rings (SSSR count). The maximum Gasteiger partial charge on any atom is 0.266 e. The van der Waals surface area contributed by atoms with Gasteiger partial charge in [0.2, 0.25) is 0 Å². The topological polar surface area (TPSA) is 74.8 Å². The fourth-order valence-corrected chi connectivity index (χ4v) is 6.55. The zero-order valence-electron chi connectivity index (χ0n) is 22.8. The van der Waals surface area contributed by atoms with Gasteiger partial charge in [-0.15, -0.1) is 0 Å². The lowest BCUT2D eigenvalue weighted by molar-refractivity contribution is 0.0640. The smallest absolute Gasteiger partial charge is 0.266 e. The van der Waals surface area contributed by atoms with Crippen LogP contribution < -0.4 is 4.90 Å². The fraction of sp³-hybridized carbons (Fsp3) is 0.273. The van der Waals surface area contributed by atoms with E-state index in [-0.39, 0.29) is 5.92 Å². The van der Waals surface area contributed by atoms with Crippen LogP contribution in [0.5, 0.6) is 0 Å². The molecular formula is C33H30N2O4. The van der Waals surface area contributed by atoms with E-state index >= 15 is 0 Å². The summed E-state index contributed by atoms with van der Waals surface area (Å²) in [7, 11) is 0. The summed E-state index contributed by atoms with van der Waals surface area (Å²) in [4.78, 5) is 58.7. The van der Waals surface area contributed by atoms with E-state index in [0.29, 0.717) is 50.7 Å². The largest absolute Gasteiger partial charge is 0.268 e. The van der Waals surface area contributed by atoms with E-state index in [2.05, 4.69) is 13.0 Å². The van der Waals surface area contributed by atoms with Crippen molar-refractivity contribution in [3.63, 3.8) is 0 Å². The normalized spacial score (nSPS) is 18.6. The highest BCUT2D eigenvalue weighted by atomic mass is 16.2. The molecule has 0 fully saturated rings. The summed E-state index contributed by atoms with van der Waals surface area (Å²) in [5.74, 6) is -1.63. The van der Waals surface area contributed by atoms with Crippen molar-refractivity contribution in [2.24, 2.45) is 5.92 Å². The number of allylic oxidation sites excluding steroid dienone is 4. The van der Waals surface area contributed by atoms with Crippen molar-refractivity contribution in [2.75, 3.05) is 4.90 Å². The molecule has 0 bridgehead atoms. The molecule has 39 heavy (non-hydrogen) atoms. The summed E-state index contributed by atoms with van der Waals surface area (Å²) in [6, 6.07) is 10.7. The molecule has 6 nitrogen and oxygen atoms in total. The van der Waals surface area contributed by atoms with Gasteiger partial charge in [0.25, 0.3) is 23.6 Å². The van der Waals surface area contributed by atoms with Gasteiger partial charge >= 0.3 is 0 Å². The van der Waals surface area contributed by atoms with Crippen LogP contribution in [-0.2, 0) is 6.42 Å². The van der Waals surface area contributed by atoms with Crippen LogP contribution in [0.3, 0.4) is 0 Å². The number of hydrogen-bond donors (Lipinski definition) is 0. The van der Waals surface area contributed by atoms with E-state index in [1.807, 2.05) is 45.0 Å². The van der Waals surface area contributed by atoms with Crippen LogP contribution in [0.1, 0.15) is 91.7 Å². The third-order valence-electron chi connectivity index (χ3n) is 8.44. The summed E-state index contributed by atoms with van der Waals surface area (Å²) in [5, 5.41) is 0.807. The first-order chi connectivity index (χ1) is 18.7. The number of para-hydroxylation sites is 1. The molecule has 4 amide bonds.